The van der Waals surface area contributed by atoms with Crippen LogP contribution in [0.4, 0.5) is 5.69 Å². The molecule has 0 spiro atoms. The predicted octanol–water partition coefficient (Wildman–Crippen LogP) is 2.91. The SMILES string of the molecule is COc1cccc(CNC(=O)CCC(=O)N2C[C@@H](C)Oc3ccccc32)c1. The molecule has 0 aliphatic carbocycles. The van der Waals surface area contributed by atoms with Crippen LogP contribution in [0.25, 0.3) is 0 Å². The minimum atomic E-state index is -0.152. The summed E-state index contributed by atoms with van der Waals surface area (Å²) in [4.78, 5) is 26.5. The zero-order valence-electron chi connectivity index (χ0n) is 15.6. The van der Waals surface area contributed by atoms with Gasteiger partial charge in [-0.1, -0.05) is 24.3 Å². The number of rotatable bonds is 6. The fourth-order valence-electron chi connectivity index (χ4n) is 3.05. The maximum absolute atomic E-state index is 12.6. The van der Waals surface area contributed by atoms with E-state index in [2.05, 4.69) is 5.32 Å². The van der Waals surface area contributed by atoms with Crippen molar-refractivity contribution in [2.24, 2.45) is 0 Å². The number of hydrogen-bond donors (Lipinski definition) is 1. The van der Waals surface area contributed by atoms with Gasteiger partial charge in [-0.25, -0.2) is 0 Å². The summed E-state index contributed by atoms with van der Waals surface area (Å²) in [6.07, 6.45) is 0.229. The highest BCUT2D eigenvalue weighted by Crippen LogP contribution is 2.33. The molecule has 2 aromatic carbocycles. The average Bonchev–Trinajstić information content (AvgIpc) is 2.69. The molecule has 3 rings (SSSR count). The molecule has 2 amide bonds. The fourth-order valence-corrected chi connectivity index (χ4v) is 3.05. The van der Waals surface area contributed by atoms with Crippen molar-refractivity contribution in [3.05, 3.63) is 54.1 Å². The lowest BCUT2D eigenvalue weighted by molar-refractivity contribution is -0.125. The lowest BCUT2D eigenvalue weighted by Gasteiger charge is -2.33. The summed E-state index contributed by atoms with van der Waals surface area (Å²) in [6, 6.07) is 15.0. The second-order valence-electron chi connectivity index (χ2n) is 6.53. The van der Waals surface area contributed by atoms with Gasteiger partial charge in [0.05, 0.1) is 19.3 Å². The van der Waals surface area contributed by atoms with Crippen LogP contribution in [-0.2, 0) is 16.1 Å². The number of nitrogens with one attached hydrogen (secondary N) is 1. The first-order chi connectivity index (χ1) is 13.1. The molecule has 1 heterocycles. The van der Waals surface area contributed by atoms with Crippen LogP contribution >= 0.6 is 0 Å². The Morgan fingerprint density at radius 1 is 1.19 bits per heavy atom. The third kappa shape index (κ3) is 4.78. The maximum atomic E-state index is 12.6. The molecule has 0 saturated carbocycles. The molecule has 0 aromatic heterocycles. The molecule has 1 N–H and O–H groups in total. The lowest BCUT2D eigenvalue weighted by atomic mass is 10.1. The topological polar surface area (TPSA) is 67.9 Å². The van der Waals surface area contributed by atoms with Crippen molar-refractivity contribution in [2.45, 2.75) is 32.4 Å². The number of carbonyl (C=O) groups excluding carboxylic acids is 2. The largest absolute Gasteiger partial charge is 0.497 e. The predicted molar refractivity (Wildman–Crippen MR) is 103 cm³/mol. The van der Waals surface area contributed by atoms with E-state index in [1.807, 2.05) is 55.5 Å². The van der Waals surface area contributed by atoms with E-state index in [4.69, 9.17) is 9.47 Å². The summed E-state index contributed by atoms with van der Waals surface area (Å²) < 4.78 is 10.9. The third-order valence-corrected chi connectivity index (χ3v) is 4.41. The van der Waals surface area contributed by atoms with Crippen LogP contribution in [0.15, 0.2) is 48.5 Å². The van der Waals surface area contributed by atoms with Crippen LogP contribution < -0.4 is 19.7 Å². The summed E-state index contributed by atoms with van der Waals surface area (Å²) in [5, 5.41) is 2.85. The summed E-state index contributed by atoms with van der Waals surface area (Å²) >= 11 is 0. The number of carbonyl (C=O) groups is 2. The Labute approximate surface area is 159 Å². The highest BCUT2D eigenvalue weighted by Gasteiger charge is 2.27. The minimum Gasteiger partial charge on any atom is -0.497 e. The van der Waals surface area contributed by atoms with Crippen LogP contribution in [0.3, 0.4) is 0 Å². The van der Waals surface area contributed by atoms with Crippen LogP contribution in [-0.4, -0.2) is 31.6 Å². The van der Waals surface area contributed by atoms with E-state index in [0.717, 1.165) is 17.0 Å². The Morgan fingerprint density at radius 2 is 2.00 bits per heavy atom. The second kappa shape index (κ2) is 8.58. The van der Waals surface area contributed by atoms with Gasteiger partial charge in [-0.2, -0.15) is 0 Å². The summed E-state index contributed by atoms with van der Waals surface area (Å²) in [5.74, 6) is 1.22. The van der Waals surface area contributed by atoms with Gasteiger partial charge in [0, 0.05) is 19.4 Å². The number of fused-ring (bicyclic) bond motifs is 1. The molecule has 142 valence electrons. The van der Waals surface area contributed by atoms with Crippen molar-refractivity contribution in [3.8, 4) is 11.5 Å². The van der Waals surface area contributed by atoms with Crippen molar-refractivity contribution < 1.29 is 19.1 Å². The number of anilines is 1. The zero-order valence-corrected chi connectivity index (χ0v) is 15.6. The van der Waals surface area contributed by atoms with E-state index in [9.17, 15) is 9.59 Å². The Morgan fingerprint density at radius 3 is 2.81 bits per heavy atom. The van der Waals surface area contributed by atoms with E-state index < -0.39 is 0 Å². The van der Waals surface area contributed by atoms with E-state index in [1.54, 1.807) is 12.0 Å². The molecule has 0 saturated heterocycles. The van der Waals surface area contributed by atoms with Crippen molar-refractivity contribution in [1.82, 2.24) is 5.32 Å². The van der Waals surface area contributed by atoms with E-state index >= 15 is 0 Å². The standard InChI is InChI=1S/C21H24N2O4/c1-15-14-23(18-8-3-4-9-19(18)27-15)21(25)11-10-20(24)22-13-16-6-5-7-17(12-16)26-2/h3-9,12,15H,10-11,13-14H2,1-2H3,(H,22,24)/t15-/m1/s1. The number of methoxy groups -OCH3 is 1. The van der Waals surface area contributed by atoms with Crippen LogP contribution in [0.1, 0.15) is 25.3 Å². The minimum absolute atomic E-state index is 0.0749. The van der Waals surface area contributed by atoms with Crippen molar-refractivity contribution in [1.29, 1.82) is 0 Å². The molecule has 0 bridgehead atoms. The van der Waals surface area contributed by atoms with Crippen molar-refractivity contribution >= 4 is 17.5 Å². The number of ether oxygens (including phenoxy) is 2. The summed E-state index contributed by atoms with van der Waals surface area (Å²) in [7, 11) is 1.61. The molecule has 1 aliphatic rings. The molecular formula is C21H24N2O4. The summed E-state index contributed by atoms with van der Waals surface area (Å²) in [6.45, 7) is 2.82. The van der Waals surface area contributed by atoms with Gasteiger partial charge in [-0.3, -0.25) is 9.59 Å². The average molecular weight is 368 g/mol. The third-order valence-electron chi connectivity index (χ3n) is 4.41. The zero-order chi connectivity index (χ0) is 19.2. The van der Waals surface area contributed by atoms with Crippen LogP contribution in [0, 0.1) is 0 Å². The van der Waals surface area contributed by atoms with Crippen LogP contribution in [0.2, 0.25) is 0 Å². The van der Waals surface area contributed by atoms with E-state index in [0.29, 0.717) is 18.8 Å². The first-order valence-corrected chi connectivity index (χ1v) is 9.02. The van der Waals surface area contributed by atoms with Gasteiger partial charge in [-0.05, 0) is 36.8 Å². The summed E-state index contributed by atoms with van der Waals surface area (Å²) in [5.41, 5.74) is 1.71. The Hall–Kier alpha value is -3.02. The Balaban J connectivity index is 1.52. The monoisotopic (exact) mass is 368 g/mol. The molecule has 6 nitrogen and oxygen atoms in total. The highest BCUT2D eigenvalue weighted by molar-refractivity contribution is 5.97. The van der Waals surface area contributed by atoms with Gasteiger partial charge in [0.25, 0.3) is 0 Å². The van der Waals surface area contributed by atoms with Gasteiger partial charge in [0.15, 0.2) is 0 Å². The number of benzene rings is 2. The normalized spacial score (nSPS) is 15.5. The van der Waals surface area contributed by atoms with Crippen molar-refractivity contribution in [2.75, 3.05) is 18.6 Å². The Kier molecular flexibility index (Phi) is 5.96. The van der Waals surface area contributed by atoms with Gasteiger partial charge in [0.2, 0.25) is 11.8 Å². The molecule has 0 unspecified atom stereocenters. The smallest absolute Gasteiger partial charge is 0.227 e. The van der Waals surface area contributed by atoms with Gasteiger partial charge in [-0.15, -0.1) is 0 Å². The highest BCUT2D eigenvalue weighted by atomic mass is 16.5. The molecular weight excluding hydrogens is 344 g/mol. The fraction of sp³-hybridized carbons (Fsp3) is 0.333. The Bertz CT molecular complexity index is 821. The van der Waals surface area contributed by atoms with Gasteiger partial charge < -0.3 is 19.7 Å². The van der Waals surface area contributed by atoms with E-state index in [1.165, 1.54) is 0 Å². The number of para-hydroxylation sites is 2. The first kappa shape index (κ1) is 18.8. The molecule has 1 atom stereocenters. The molecule has 1 aliphatic heterocycles. The maximum Gasteiger partial charge on any atom is 0.227 e. The molecule has 6 heteroatoms. The number of hydrogen-bond acceptors (Lipinski definition) is 4. The van der Waals surface area contributed by atoms with Crippen molar-refractivity contribution in [3.63, 3.8) is 0 Å². The quantitative estimate of drug-likeness (QED) is 0.851. The number of nitrogens with zero attached hydrogens (tertiary/aromatic N) is 1. The first-order valence-electron chi connectivity index (χ1n) is 9.02. The van der Waals surface area contributed by atoms with Crippen LogP contribution in [0.5, 0.6) is 11.5 Å². The second-order valence-corrected chi connectivity index (χ2v) is 6.53. The molecule has 2 aromatic rings. The molecule has 27 heavy (non-hydrogen) atoms. The molecule has 0 fully saturated rings. The number of amides is 2. The molecule has 0 radical (unpaired) electrons. The van der Waals surface area contributed by atoms with Gasteiger partial charge >= 0.3 is 0 Å². The lowest BCUT2D eigenvalue weighted by Crippen LogP contribution is -2.42. The van der Waals surface area contributed by atoms with Gasteiger partial charge in [0.1, 0.15) is 17.6 Å². The van der Waals surface area contributed by atoms with E-state index in [-0.39, 0.29) is 30.8 Å².